The highest BCUT2D eigenvalue weighted by Crippen LogP contribution is 2.33. The van der Waals surface area contributed by atoms with Crippen LogP contribution in [0, 0.1) is 12.7 Å². The van der Waals surface area contributed by atoms with Crippen molar-refractivity contribution >= 4 is 32.3 Å². The second-order valence-corrected chi connectivity index (χ2v) is 6.72. The van der Waals surface area contributed by atoms with Crippen molar-refractivity contribution in [3.63, 3.8) is 0 Å². The summed E-state index contributed by atoms with van der Waals surface area (Å²) >= 11 is 0. The highest BCUT2D eigenvalue weighted by atomic mass is 19.1. The largest absolute Gasteiger partial charge is 0.256 e. The van der Waals surface area contributed by atoms with Crippen molar-refractivity contribution in [3.05, 3.63) is 90.4 Å². The number of fused-ring (bicyclic) bond motifs is 4. The number of hydrogen-bond donors (Lipinski definition) is 0. The molecule has 0 aliphatic rings. The minimum atomic E-state index is -0.191. The molecule has 26 heavy (non-hydrogen) atoms. The fraction of sp³-hybridized carbons (Fsp3) is 0.0417. The van der Waals surface area contributed by atoms with E-state index >= 15 is 0 Å². The van der Waals surface area contributed by atoms with Gasteiger partial charge in [-0.2, -0.15) is 0 Å². The maximum absolute atomic E-state index is 14.1. The van der Waals surface area contributed by atoms with Gasteiger partial charge in [-0.3, -0.25) is 4.98 Å². The second-order valence-electron chi connectivity index (χ2n) is 6.72. The van der Waals surface area contributed by atoms with Crippen molar-refractivity contribution in [2.75, 3.05) is 0 Å². The smallest absolute Gasteiger partial charge is 0.131 e. The quantitative estimate of drug-likeness (QED) is 0.312. The number of pyridine rings is 1. The van der Waals surface area contributed by atoms with Crippen molar-refractivity contribution < 1.29 is 4.39 Å². The second kappa shape index (κ2) is 5.63. The molecule has 0 unspecified atom stereocenters. The minimum absolute atomic E-state index is 0.191. The summed E-state index contributed by atoms with van der Waals surface area (Å²) in [5.74, 6) is -0.191. The average molecular weight is 337 g/mol. The molecule has 0 spiro atoms. The van der Waals surface area contributed by atoms with E-state index in [9.17, 15) is 4.39 Å². The lowest BCUT2D eigenvalue weighted by Crippen LogP contribution is -1.89. The van der Waals surface area contributed by atoms with E-state index in [4.69, 9.17) is 0 Å². The van der Waals surface area contributed by atoms with Crippen LogP contribution in [0.15, 0.2) is 79.0 Å². The van der Waals surface area contributed by atoms with Crippen LogP contribution in [0.4, 0.5) is 4.39 Å². The van der Waals surface area contributed by atoms with Crippen molar-refractivity contribution in [2.45, 2.75) is 6.92 Å². The monoisotopic (exact) mass is 337 g/mol. The summed E-state index contributed by atoms with van der Waals surface area (Å²) in [6.07, 6.45) is 1.81. The normalized spacial score (nSPS) is 11.5. The van der Waals surface area contributed by atoms with Gasteiger partial charge in [-0.15, -0.1) is 0 Å². The first-order valence-corrected chi connectivity index (χ1v) is 8.67. The fourth-order valence-electron chi connectivity index (χ4n) is 3.73. The Hall–Kier alpha value is -3.26. The number of hydrogen-bond acceptors (Lipinski definition) is 1. The Balaban J connectivity index is 1.80. The van der Waals surface area contributed by atoms with Gasteiger partial charge in [-0.25, -0.2) is 4.39 Å². The summed E-state index contributed by atoms with van der Waals surface area (Å²) in [6, 6.07) is 23.9. The minimum Gasteiger partial charge on any atom is -0.256 e. The van der Waals surface area contributed by atoms with E-state index in [0.29, 0.717) is 5.39 Å². The molecule has 0 aliphatic carbocycles. The SMILES string of the molecule is Cc1ccc2cc(-c3nccc4c3ccc3c(F)cccc34)ccc2c1. The first kappa shape index (κ1) is 15.0. The van der Waals surface area contributed by atoms with E-state index in [1.54, 1.807) is 12.3 Å². The maximum atomic E-state index is 14.1. The van der Waals surface area contributed by atoms with Gasteiger partial charge in [0.2, 0.25) is 0 Å². The fourth-order valence-corrected chi connectivity index (χ4v) is 3.73. The summed E-state index contributed by atoms with van der Waals surface area (Å²) in [6.45, 7) is 2.10. The Labute approximate surface area is 150 Å². The third-order valence-electron chi connectivity index (χ3n) is 5.02. The third-order valence-corrected chi connectivity index (χ3v) is 5.02. The molecule has 0 fully saturated rings. The van der Waals surface area contributed by atoms with Gasteiger partial charge < -0.3 is 0 Å². The Morgan fingerprint density at radius 3 is 2.38 bits per heavy atom. The molecular weight excluding hydrogens is 321 g/mol. The van der Waals surface area contributed by atoms with E-state index < -0.39 is 0 Å². The first-order valence-electron chi connectivity index (χ1n) is 8.67. The predicted molar refractivity (Wildman–Crippen MR) is 107 cm³/mol. The van der Waals surface area contributed by atoms with Gasteiger partial charge in [0.25, 0.3) is 0 Å². The molecule has 4 aromatic carbocycles. The van der Waals surface area contributed by atoms with E-state index in [0.717, 1.165) is 27.4 Å². The number of rotatable bonds is 1. The van der Waals surface area contributed by atoms with Gasteiger partial charge in [-0.05, 0) is 46.7 Å². The van der Waals surface area contributed by atoms with Gasteiger partial charge in [0.15, 0.2) is 0 Å². The third kappa shape index (κ3) is 2.26. The zero-order valence-corrected chi connectivity index (χ0v) is 14.3. The number of benzene rings is 4. The number of aromatic nitrogens is 1. The first-order chi connectivity index (χ1) is 12.7. The highest BCUT2D eigenvalue weighted by molar-refractivity contribution is 6.11. The van der Waals surface area contributed by atoms with Gasteiger partial charge >= 0.3 is 0 Å². The van der Waals surface area contributed by atoms with Crippen molar-refractivity contribution in [1.29, 1.82) is 0 Å². The van der Waals surface area contributed by atoms with Crippen molar-refractivity contribution in [2.24, 2.45) is 0 Å². The lowest BCUT2D eigenvalue weighted by atomic mass is 9.97. The molecule has 1 nitrogen and oxygen atoms in total. The lowest BCUT2D eigenvalue weighted by Gasteiger charge is -2.10. The molecule has 0 bridgehead atoms. The molecular formula is C24H16FN. The number of aryl methyl sites for hydroxylation is 1. The lowest BCUT2D eigenvalue weighted by molar-refractivity contribution is 0.640. The predicted octanol–water partition coefficient (Wildman–Crippen LogP) is 6.66. The van der Waals surface area contributed by atoms with Gasteiger partial charge in [0.1, 0.15) is 5.82 Å². The summed E-state index contributed by atoms with van der Waals surface area (Å²) in [7, 11) is 0. The van der Waals surface area contributed by atoms with Crippen LogP contribution in [-0.4, -0.2) is 4.98 Å². The molecule has 1 heterocycles. The molecule has 5 rings (SSSR count). The van der Waals surface area contributed by atoms with E-state index in [-0.39, 0.29) is 5.82 Å². The molecule has 0 radical (unpaired) electrons. The number of halogens is 1. The summed E-state index contributed by atoms with van der Waals surface area (Å²) in [4.78, 5) is 4.64. The number of nitrogens with zero attached hydrogens (tertiary/aromatic N) is 1. The Morgan fingerprint density at radius 2 is 1.46 bits per heavy atom. The zero-order valence-electron chi connectivity index (χ0n) is 14.3. The molecule has 0 atom stereocenters. The topological polar surface area (TPSA) is 12.9 Å². The Bertz CT molecular complexity index is 1300. The molecule has 1 aromatic heterocycles. The van der Waals surface area contributed by atoms with Gasteiger partial charge in [0, 0.05) is 22.5 Å². The summed E-state index contributed by atoms with van der Waals surface area (Å²) in [5, 5.41) is 6.04. The highest BCUT2D eigenvalue weighted by Gasteiger charge is 2.10. The Morgan fingerprint density at radius 1 is 0.692 bits per heavy atom. The molecule has 0 saturated carbocycles. The van der Waals surface area contributed by atoms with E-state index in [1.807, 2.05) is 24.3 Å². The van der Waals surface area contributed by atoms with Crippen LogP contribution in [0.25, 0.3) is 43.6 Å². The van der Waals surface area contributed by atoms with Gasteiger partial charge in [-0.1, -0.05) is 60.2 Å². The van der Waals surface area contributed by atoms with Crippen LogP contribution in [0.5, 0.6) is 0 Å². The molecule has 0 N–H and O–H groups in total. The van der Waals surface area contributed by atoms with E-state index in [1.165, 1.54) is 22.4 Å². The molecule has 0 saturated heterocycles. The maximum Gasteiger partial charge on any atom is 0.131 e. The standard InChI is InChI=1S/C24H16FN/c1-15-5-6-17-14-18(8-7-16(17)13-15)24-22-10-9-21-19(3-2-4-23(21)25)20(22)11-12-26-24/h2-14H,1H3. The molecule has 124 valence electrons. The van der Waals surface area contributed by atoms with Crippen molar-refractivity contribution in [1.82, 2.24) is 4.98 Å². The molecule has 0 amide bonds. The van der Waals surface area contributed by atoms with Crippen LogP contribution in [0.1, 0.15) is 5.56 Å². The zero-order chi connectivity index (χ0) is 17.7. The molecule has 2 heteroatoms. The van der Waals surface area contributed by atoms with Crippen LogP contribution < -0.4 is 0 Å². The van der Waals surface area contributed by atoms with E-state index in [2.05, 4.69) is 48.3 Å². The van der Waals surface area contributed by atoms with Crippen LogP contribution >= 0.6 is 0 Å². The summed E-state index contributed by atoms with van der Waals surface area (Å²) in [5.41, 5.74) is 3.25. The van der Waals surface area contributed by atoms with Crippen molar-refractivity contribution in [3.8, 4) is 11.3 Å². The Kier molecular flexibility index (Phi) is 3.26. The summed E-state index contributed by atoms with van der Waals surface area (Å²) < 4.78 is 14.1. The average Bonchev–Trinajstić information content (AvgIpc) is 2.67. The molecule has 5 aromatic rings. The molecule has 0 aliphatic heterocycles. The van der Waals surface area contributed by atoms with Gasteiger partial charge in [0.05, 0.1) is 5.69 Å². The van der Waals surface area contributed by atoms with Crippen LogP contribution in [0.3, 0.4) is 0 Å². The van der Waals surface area contributed by atoms with Crippen LogP contribution in [-0.2, 0) is 0 Å². The van der Waals surface area contributed by atoms with Crippen LogP contribution in [0.2, 0.25) is 0 Å².